The molecule has 7 heteroatoms. The van der Waals surface area contributed by atoms with Crippen LogP contribution >= 0.6 is 0 Å². The Labute approximate surface area is 71.0 Å². The molecule has 0 saturated heterocycles. The molecular formula is CCaF6. The second kappa shape index (κ2) is 7.84. The van der Waals surface area contributed by atoms with Crippen LogP contribution in [-0.2, 0) is 0 Å². The first-order chi connectivity index (χ1) is 2.00. The standard InChI is InChI=1S/CF4.Ca.2FH/c2-1(3,4)5;;;/h;;2*1H/q;+2;;/p-2. The summed E-state index contributed by atoms with van der Waals surface area (Å²) in [5, 5.41) is 0. The van der Waals surface area contributed by atoms with Gasteiger partial charge in [0, 0.05) is 0 Å². The van der Waals surface area contributed by atoms with Gasteiger partial charge in [0.25, 0.3) is 0 Å². The van der Waals surface area contributed by atoms with E-state index < -0.39 is 6.43 Å². The predicted molar refractivity (Wildman–Crippen MR) is 12.9 cm³/mol. The van der Waals surface area contributed by atoms with E-state index in [2.05, 4.69) is 0 Å². The van der Waals surface area contributed by atoms with Gasteiger partial charge in [0.15, 0.2) is 0 Å². The average molecular weight is 166 g/mol. The van der Waals surface area contributed by atoms with Crippen molar-refractivity contribution in [3.8, 4) is 0 Å². The van der Waals surface area contributed by atoms with E-state index in [1.54, 1.807) is 0 Å². The summed E-state index contributed by atoms with van der Waals surface area (Å²) in [6, 6.07) is 0. The quantitative estimate of drug-likeness (QED) is 0.250. The molecular weight excluding hydrogens is 166 g/mol. The van der Waals surface area contributed by atoms with E-state index in [9.17, 15) is 17.6 Å². The molecule has 0 aromatic carbocycles. The number of alkyl halides is 4. The Kier molecular flexibility index (Phi) is 22.7. The van der Waals surface area contributed by atoms with E-state index in [1.165, 1.54) is 0 Å². The fraction of sp³-hybridized carbons (Fsp3) is 1.00. The van der Waals surface area contributed by atoms with Crippen molar-refractivity contribution in [2.75, 3.05) is 0 Å². The van der Waals surface area contributed by atoms with E-state index in [0.29, 0.717) is 0 Å². The first-order valence-corrected chi connectivity index (χ1v) is 0.756. The molecule has 0 N–H and O–H groups in total. The normalized spacial score (nSPS) is 7.50. The van der Waals surface area contributed by atoms with Gasteiger partial charge in [-0.1, -0.05) is 0 Å². The molecule has 0 heterocycles. The molecule has 0 aromatic heterocycles. The molecule has 0 amide bonds. The summed E-state index contributed by atoms with van der Waals surface area (Å²) in [7, 11) is 0. The van der Waals surface area contributed by atoms with Crippen LogP contribution in [0.1, 0.15) is 0 Å². The molecule has 0 bridgehead atoms. The summed E-state index contributed by atoms with van der Waals surface area (Å²) in [5.74, 6) is 0. The van der Waals surface area contributed by atoms with E-state index in [-0.39, 0.29) is 47.1 Å². The molecule has 0 fully saturated rings. The molecule has 8 heavy (non-hydrogen) atoms. The molecule has 0 nitrogen and oxygen atoms in total. The SMILES string of the molecule is FC(F)(F)F.[Ca+2].[F-].[F-]. The van der Waals surface area contributed by atoms with E-state index in [1.807, 2.05) is 0 Å². The van der Waals surface area contributed by atoms with E-state index >= 15 is 0 Å². The van der Waals surface area contributed by atoms with Gasteiger partial charge in [-0.15, -0.1) is 17.6 Å². The van der Waals surface area contributed by atoms with Gasteiger partial charge in [-0.25, -0.2) is 0 Å². The van der Waals surface area contributed by atoms with Gasteiger partial charge in [-0.05, 0) is 0 Å². The van der Waals surface area contributed by atoms with Gasteiger partial charge < -0.3 is 9.41 Å². The van der Waals surface area contributed by atoms with Crippen molar-refractivity contribution in [1.82, 2.24) is 0 Å². The van der Waals surface area contributed by atoms with E-state index in [0.717, 1.165) is 0 Å². The molecule has 0 radical (unpaired) electrons. The third kappa shape index (κ3) is 331. The van der Waals surface area contributed by atoms with Crippen LogP contribution in [0.5, 0.6) is 0 Å². The number of hydrogen-bond donors (Lipinski definition) is 0. The average Bonchev–Trinajstić information content (AvgIpc) is 0.722. The van der Waals surface area contributed by atoms with Crippen molar-refractivity contribution < 1.29 is 27.0 Å². The van der Waals surface area contributed by atoms with Gasteiger partial charge in [0.2, 0.25) is 0 Å². The van der Waals surface area contributed by atoms with Crippen molar-refractivity contribution in [3.05, 3.63) is 0 Å². The molecule has 0 aliphatic rings. The maximum absolute atomic E-state index is 9.69. The summed E-state index contributed by atoms with van der Waals surface area (Å²) in [6.45, 7) is 0. The van der Waals surface area contributed by atoms with Crippen molar-refractivity contribution in [3.63, 3.8) is 0 Å². The summed E-state index contributed by atoms with van der Waals surface area (Å²) in [4.78, 5) is 0. The zero-order chi connectivity index (χ0) is 4.50. The molecule has 0 rings (SSSR count). The molecule has 0 saturated carbocycles. The maximum atomic E-state index is 9.69. The van der Waals surface area contributed by atoms with Crippen molar-refractivity contribution in [2.24, 2.45) is 0 Å². The van der Waals surface area contributed by atoms with Crippen LogP contribution in [0.3, 0.4) is 0 Å². The fourth-order valence-corrected chi connectivity index (χ4v) is 0. The largest absolute Gasteiger partial charge is 2.00 e. The zero-order valence-electron chi connectivity index (χ0n) is 3.47. The first-order valence-electron chi connectivity index (χ1n) is 0.756. The molecule has 0 aliphatic heterocycles. The zero-order valence-corrected chi connectivity index (χ0v) is 5.68. The van der Waals surface area contributed by atoms with E-state index in [4.69, 9.17) is 0 Å². The molecule has 0 unspecified atom stereocenters. The third-order valence-electron chi connectivity index (χ3n) is 0. The number of halogens is 6. The minimum atomic E-state index is -5.50. The smallest absolute Gasteiger partial charge is 1.00 e. The van der Waals surface area contributed by atoms with Crippen molar-refractivity contribution >= 4 is 37.7 Å². The molecule has 0 aliphatic carbocycles. The first kappa shape index (κ1) is 23.2. The Hall–Kier alpha value is 0.840. The second-order valence-corrected chi connectivity index (χ2v) is 0.429. The Morgan fingerprint density at radius 1 is 0.750 bits per heavy atom. The van der Waals surface area contributed by atoms with Crippen LogP contribution in [0.2, 0.25) is 0 Å². The maximum Gasteiger partial charge on any atom is 2.00 e. The molecule has 0 atom stereocenters. The summed E-state index contributed by atoms with van der Waals surface area (Å²) in [6.07, 6.45) is -5.50. The van der Waals surface area contributed by atoms with Crippen molar-refractivity contribution in [1.29, 1.82) is 0 Å². The van der Waals surface area contributed by atoms with Crippen molar-refractivity contribution in [2.45, 2.75) is 6.43 Å². The van der Waals surface area contributed by atoms with Gasteiger partial charge in [0.1, 0.15) is 0 Å². The van der Waals surface area contributed by atoms with Crippen LogP contribution < -0.4 is 9.41 Å². The minimum absolute atomic E-state index is 0. The van der Waals surface area contributed by atoms with Crippen LogP contribution in [0.25, 0.3) is 0 Å². The third-order valence-corrected chi connectivity index (χ3v) is 0. The number of rotatable bonds is 0. The fourth-order valence-electron chi connectivity index (χ4n) is 0. The van der Waals surface area contributed by atoms with Gasteiger partial charge in [0.05, 0.1) is 0 Å². The summed E-state index contributed by atoms with van der Waals surface area (Å²) >= 11 is 0. The predicted octanol–water partition coefficient (Wildman–Crippen LogP) is -4.90. The topological polar surface area (TPSA) is 0 Å². The Morgan fingerprint density at radius 3 is 0.750 bits per heavy atom. The molecule has 0 spiro atoms. The van der Waals surface area contributed by atoms with Gasteiger partial charge in [-0.2, -0.15) is 0 Å². The summed E-state index contributed by atoms with van der Waals surface area (Å²) < 4.78 is 38.8. The molecule has 0 aromatic rings. The summed E-state index contributed by atoms with van der Waals surface area (Å²) in [5.41, 5.74) is 0. The van der Waals surface area contributed by atoms with Gasteiger partial charge in [-0.3, -0.25) is 0 Å². The Bertz CT molecular complexity index is 24.0. The molecule has 48 valence electrons. The van der Waals surface area contributed by atoms with Crippen LogP contribution in [0.4, 0.5) is 17.6 Å². The van der Waals surface area contributed by atoms with Crippen LogP contribution in [0, 0.1) is 0 Å². The van der Waals surface area contributed by atoms with Crippen LogP contribution in [-0.4, -0.2) is 44.2 Å². The second-order valence-electron chi connectivity index (χ2n) is 0.429. The number of hydrogen-bond acceptors (Lipinski definition) is 0. The van der Waals surface area contributed by atoms with Gasteiger partial charge >= 0.3 is 44.2 Å². The minimum Gasteiger partial charge on any atom is -1.00 e. The Morgan fingerprint density at radius 2 is 0.750 bits per heavy atom. The monoisotopic (exact) mass is 166 g/mol. The van der Waals surface area contributed by atoms with Crippen LogP contribution in [0.15, 0.2) is 0 Å². The Balaban J connectivity index is -0.0000000267.